The first-order valence-electron chi connectivity index (χ1n) is 5.99. The normalized spacial score (nSPS) is 23.9. The molecule has 0 aliphatic heterocycles. The number of aliphatic hydroxyl groups excluding tert-OH is 1. The first-order valence-corrected chi connectivity index (χ1v) is 5.99. The molecule has 2 nitrogen and oxygen atoms in total. The monoisotopic (exact) mass is 200 g/mol. The van der Waals surface area contributed by atoms with Crippen molar-refractivity contribution in [3.63, 3.8) is 0 Å². The van der Waals surface area contributed by atoms with Crippen LogP contribution in [-0.2, 0) is 4.79 Å². The Balaban J connectivity index is 0.000000245. The minimum absolute atomic E-state index is 0. The summed E-state index contributed by atoms with van der Waals surface area (Å²) in [5, 5.41) is 8.91. The van der Waals surface area contributed by atoms with Crippen molar-refractivity contribution in [2.24, 2.45) is 0 Å². The molecule has 0 heterocycles. The van der Waals surface area contributed by atoms with Crippen LogP contribution in [0.2, 0.25) is 0 Å². The van der Waals surface area contributed by atoms with Gasteiger partial charge in [0.15, 0.2) is 0 Å². The summed E-state index contributed by atoms with van der Waals surface area (Å²) in [6, 6.07) is 0. The van der Waals surface area contributed by atoms with E-state index in [1.807, 2.05) is 0 Å². The highest BCUT2D eigenvalue weighted by atomic mass is 16.3. The van der Waals surface area contributed by atoms with Gasteiger partial charge in [-0.3, -0.25) is 4.79 Å². The molecule has 84 valence electrons. The molecular weight excluding hydrogens is 176 g/mol. The molecule has 14 heavy (non-hydrogen) atoms. The van der Waals surface area contributed by atoms with Crippen molar-refractivity contribution in [1.82, 2.24) is 0 Å². The lowest BCUT2D eigenvalue weighted by Crippen LogP contribution is -2.09. The largest absolute Gasteiger partial charge is 0.393 e. The zero-order valence-corrected chi connectivity index (χ0v) is 9.00. The van der Waals surface area contributed by atoms with Crippen LogP contribution in [0, 0.1) is 0 Å². The van der Waals surface area contributed by atoms with Crippen LogP contribution in [0.4, 0.5) is 0 Å². The molecule has 0 aromatic heterocycles. The number of carbonyl (C=O) groups excluding carboxylic acids is 1. The Labute approximate surface area is 88.2 Å². The topological polar surface area (TPSA) is 37.3 Å². The summed E-state index contributed by atoms with van der Waals surface area (Å²) in [5.74, 6) is 0.464. The summed E-state index contributed by atoms with van der Waals surface area (Å²) in [7, 11) is 0. The number of hydrogen-bond acceptors (Lipinski definition) is 2. The summed E-state index contributed by atoms with van der Waals surface area (Å²) < 4.78 is 0. The van der Waals surface area contributed by atoms with E-state index in [9.17, 15) is 4.79 Å². The van der Waals surface area contributed by atoms with Crippen molar-refractivity contribution >= 4 is 5.78 Å². The minimum atomic E-state index is 0. The quantitative estimate of drug-likeness (QED) is 0.652. The smallest absolute Gasteiger partial charge is 0.132 e. The van der Waals surface area contributed by atoms with E-state index in [0.29, 0.717) is 5.78 Å². The van der Waals surface area contributed by atoms with Gasteiger partial charge in [-0.1, -0.05) is 25.7 Å². The van der Waals surface area contributed by atoms with Crippen molar-refractivity contribution in [2.45, 2.75) is 70.3 Å². The molecular formula is C12H24O2. The third-order valence-electron chi connectivity index (χ3n) is 2.99. The highest BCUT2D eigenvalue weighted by Gasteiger charge is 2.07. The lowest BCUT2D eigenvalue weighted by atomic mass is 9.98. The zero-order chi connectivity index (χ0) is 10.2. The lowest BCUT2D eigenvalue weighted by molar-refractivity contribution is -0.120. The maximum atomic E-state index is 10.5. The molecule has 0 atom stereocenters. The Morgan fingerprint density at radius 2 is 1.43 bits per heavy atom. The fourth-order valence-corrected chi connectivity index (χ4v) is 2.03. The molecule has 2 saturated carbocycles. The molecule has 2 rings (SSSR count). The third-order valence-corrected chi connectivity index (χ3v) is 2.99. The number of aliphatic hydroxyl groups is 1. The number of rotatable bonds is 0. The van der Waals surface area contributed by atoms with Gasteiger partial charge in [0.2, 0.25) is 0 Å². The van der Waals surface area contributed by atoms with Crippen LogP contribution in [0.25, 0.3) is 0 Å². The van der Waals surface area contributed by atoms with Crippen molar-refractivity contribution in [1.29, 1.82) is 0 Å². The van der Waals surface area contributed by atoms with Gasteiger partial charge in [0, 0.05) is 14.3 Å². The summed E-state index contributed by atoms with van der Waals surface area (Å²) >= 11 is 0. The van der Waals surface area contributed by atoms with Crippen molar-refractivity contribution in [3.8, 4) is 0 Å². The minimum Gasteiger partial charge on any atom is -0.393 e. The highest BCUT2D eigenvalue weighted by Crippen LogP contribution is 2.16. The number of ketones is 1. The SMILES string of the molecule is O=C1CCCCC1.OC1CCCCC1.[HH]. The van der Waals surface area contributed by atoms with E-state index in [2.05, 4.69) is 0 Å². The predicted molar refractivity (Wildman–Crippen MR) is 59.3 cm³/mol. The van der Waals surface area contributed by atoms with Gasteiger partial charge < -0.3 is 5.11 Å². The molecule has 0 unspecified atom stereocenters. The van der Waals surface area contributed by atoms with E-state index in [1.165, 1.54) is 25.7 Å². The molecule has 0 saturated heterocycles. The van der Waals surface area contributed by atoms with Gasteiger partial charge in [-0.05, 0) is 25.7 Å². The van der Waals surface area contributed by atoms with Gasteiger partial charge in [0.05, 0.1) is 6.10 Å². The fraction of sp³-hybridized carbons (Fsp3) is 0.917. The average Bonchev–Trinajstić information content (AvgIpc) is 2.21. The Kier molecular flexibility index (Phi) is 5.85. The second-order valence-electron chi connectivity index (χ2n) is 4.39. The lowest BCUT2D eigenvalue weighted by Gasteiger charge is -2.14. The molecule has 0 spiro atoms. The van der Waals surface area contributed by atoms with Gasteiger partial charge in [0.1, 0.15) is 5.78 Å². The molecule has 0 amide bonds. The third kappa shape index (κ3) is 5.38. The van der Waals surface area contributed by atoms with Crippen LogP contribution in [0.15, 0.2) is 0 Å². The molecule has 1 N–H and O–H groups in total. The Bertz CT molecular complexity index is 157. The van der Waals surface area contributed by atoms with Crippen molar-refractivity contribution < 1.29 is 11.3 Å². The predicted octanol–water partition coefficient (Wildman–Crippen LogP) is 3.08. The molecule has 0 bridgehead atoms. The molecule has 0 aromatic carbocycles. The van der Waals surface area contributed by atoms with E-state index in [1.54, 1.807) is 0 Å². The van der Waals surface area contributed by atoms with E-state index < -0.39 is 0 Å². The van der Waals surface area contributed by atoms with Crippen LogP contribution >= 0.6 is 0 Å². The van der Waals surface area contributed by atoms with E-state index in [4.69, 9.17) is 5.11 Å². The second-order valence-corrected chi connectivity index (χ2v) is 4.39. The Morgan fingerprint density at radius 3 is 1.71 bits per heavy atom. The van der Waals surface area contributed by atoms with E-state index in [-0.39, 0.29) is 7.53 Å². The molecule has 2 aliphatic carbocycles. The first-order chi connectivity index (χ1) is 6.79. The van der Waals surface area contributed by atoms with Gasteiger partial charge in [-0.15, -0.1) is 0 Å². The number of hydrogen-bond donors (Lipinski definition) is 1. The van der Waals surface area contributed by atoms with E-state index >= 15 is 0 Å². The van der Waals surface area contributed by atoms with Crippen LogP contribution in [0.5, 0.6) is 0 Å². The molecule has 0 aromatic rings. The maximum Gasteiger partial charge on any atom is 0.132 e. The van der Waals surface area contributed by atoms with Gasteiger partial charge in [-0.25, -0.2) is 0 Å². The van der Waals surface area contributed by atoms with Crippen LogP contribution in [0.1, 0.15) is 65.6 Å². The number of carbonyl (C=O) groups is 1. The van der Waals surface area contributed by atoms with Crippen molar-refractivity contribution in [2.75, 3.05) is 0 Å². The van der Waals surface area contributed by atoms with Crippen LogP contribution in [0.3, 0.4) is 0 Å². The summed E-state index contributed by atoms with van der Waals surface area (Å²) in [4.78, 5) is 10.5. The molecule has 2 fully saturated rings. The fourth-order valence-electron chi connectivity index (χ4n) is 2.03. The van der Waals surface area contributed by atoms with Gasteiger partial charge in [-0.2, -0.15) is 0 Å². The summed E-state index contributed by atoms with van der Waals surface area (Å²) in [5.41, 5.74) is 0. The van der Waals surface area contributed by atoms with Gasteiger partial charge in [0.25, 0.3) is 0 Å². The average molecular weight is 200 g/mol. The van der Waals surface area contributed by atoms with Crippen LogP contribution in [-0.4, -0.2) is 17.0 Å². The van der Waals surface area contributed by atoms with E-state index in [0.717, 1.165) is 38.5 Å². The Hall–Kier alpha value is -0.370. The highest BCUT2D eigenvalue weighted by molar-refractivity contribution is 5.78. The van der Waals surface area contributed by atoms with Gasteiger partial charge >= 0.3 is 0 Å². The summed E-state index contributed by atoms with van der Waals surface area (Å²) in [6.45, 7) is 0. The van der Waals surface area contributed by atoms with Crippen LogP contribution < -0.4 is 0 Å². The first kappa shape index (κ1) is 11.7. The van der Waals surface area contributed by atoms with Crippen molar-refractivity contribution in [3.05, 3.63) is 0 Å². The number of Topliss-reactive ketones (excluding diaryl/α,β-unsaturated/α-hetero) is 1. The summed E-state index contributed by atoms with van der Waals surface area (Å²) in [6.07, 6.45) is 11.2. The zero-order valence-electron chi connectivity index (χ0n) is 9.00. The maximum absolute atomic E-state index is 10.5. The molecule has 0 radical (unpaired) electrons. The molecule has 2 heteroatoms. The second kappa shape index (κ2) is 6.99. The standard InChI is InChI=1S/C6H12O.C6H10O.H2/c2*7-6-4-2-1-3-5-6;/h6-7H,1-5H2;1-5H2;1H. The Morgan fingerprint density at radius 1 is 0.929 bits per heavy atom. The molecule has 2 aliphatic rings.